The van der Waals surface area contributed by atoms with Crippen LogP contribution in [0, 0.1) is 17.3 Å². The molecule has 0 heterocycles. The zero-order chi connectivity index (χ0) is 14.4. The van der Waals surface area contributed by atoms with Crippen molar-refractivity contribution in [3.63, 3.8) is 0 Å². The Kier molecular flexibility index (Phi) is 4.22. The SMILES string of the molecule is C#Cc1cccc(N=Cc2cc(N=O)ccc2OO)c1. The normalized spacial score (nSPS) is 10.2. The van der Waals surface area contributed by atoms with Gasteiger partial charge in [0.1, 0.15) is 5.69 Å². The summed E-state index contributed by atoms with van der Waals surface area (Å²) in [5, 5.41) is 11.6. The van der Waals surface area contributed by atoms with Gasteiger partial charge in [-0.2, -0.15) is 0 Å². The third-order valence-corrected chi connectivity index (χ3v) is 2.56. The summed E-state index contributed by atoms with van der Waals surface area (Å²) in [6.45, 7) is 0. The van der Waals surface area contributed by atoms with E-state index in [4.69, 9.17) is 11.7 Å². The number of terminal acetylenes is 1. The molecule has 2 aromatic carbocycles. The topological polar surface area (TPSA) is 71.2 Å². The highest BCUT2D eigenvalue weighted by molar-refractivity contribution is 5.86. The first kappa shape index (κ1) is 13.5. The van der Waals surface area contributed by atoms with Gasteiger partial charge in [0.05, 0.1) is 5.69 Å². The molecular weight excluding hydrogens is 256 g/mol. The first-order valence-corrected chi connectivity index (χ1v) is 5.66. The second kappa shape index (κ2) is 6.27. The largest absolute Gasteiger partial charge is 0.340 e. The van der Waals surface area contributed by atoms with Gasteiger partial charge in [0.2, 0.25) is 0 Å². The number of rotatable bonds is 4. The van der Waals surface area contributed by atoms with E-state index in [0.29, 0.717) is 16.8 Å². The van der Waals surface area contributed by atoms with Gasteiger partial charge in [0.15, 0.2) is 5.75 Å². The zero-order valence-electron chi connectivity index (χ0n) is 10.4. The average Bonchev–Trinajstić information content (AvgIpc) is 2.52. The molecule has 0 spiro atoms. The molecule has 0 saturated heterocycles. The molecular formula is C15H10N2O3. The van der Waals surface area contributed by atoms with Crippen molar-refractivity contribution in [2.45, 2.75) is 0 Å². The Bertz CT molecular complexity index is 703. The fourth-order valence-electron chi connectivity index (χ4n) is 1.60. The van der Waals surface area contributed by atoms with Crippen LogP contribution in [-0.2, 0) is 0 Å². The van der Waals surface area contributed by atoms with E-state index in [1.165, 1.54) is 24.4 Å². The Morgan fingerprint density at radius 1 is 1.20 bits per heavy atom. The summed E-state index contributed by atoms with van der Waals surface area (Å²) in [7, 11) is 0. The van der Waals surface area contributed by atoms with Crippen molar-refractivity contribution >= 4 is 17.6 Å². The molecule has 0 amide bonds. The Morgan fingerprint density at radius 3 is 2.75 bits per heavy atom. The highest BCUT2D eigenvalue weighted by atomic mass is 17.1. The van der Waals surface area contributed by atoms with Gasteiger partial charge in [-0.1, -0.05) is 12.0 Å². The smallest absolute Gasteiger partial charge is 0.174 e. The van der Waals surface area contributed by atoms with Crippen molar-refractivity contribution < 1.29 is 10.1 Å². The molecule has 0 aliphatic carbocycles. The van der Waals surface area contributed by atoms with Gasteiger partial charge in [0, 0.05) is 17.3 Å². The maximum absolute atomic E-state index is 10.5. The fourth-order valence-corrected chi connectivity index (χ4v) is 1.60. The Balaban J connectivity index is 2.35. The second-order valence-corrected chi connectivity index (χ2v) is 3.86. The summed E-state index contributed by atoms with van der Waals surface area (Å²) >= 11 is 0. The number of hydrogen-bond acceptors (Lipinski definition) is 5. The third kappa shape index (κ3) is 3.07. The summed E-state index contributed by atoms with van der Waals surface area (Å²) in [5.41, 5.74) is 2.00. The van der Waals surface area contributed by atoms with Gasteiger partial charge < -0.3 is 4.89 Å². The number of benzene rings is 2. The van der Waals surface area contributed by atoms with Crippen LogP contribution in [0.5, 0.6) is 5.75 Å². The van der Waals surface area contributed by atoms with Crippen molar-refractivity contribution in [3.8, 4) is 18.1 Å². The minimum Gasteiger partial charge on any atom is -0.340 e. The zero-order valence-corrected chi connectivity index (χ0v) is 10.4. The molecule has 0 atom stereocenters. The standard InChI is InChI=1S/C15H10N2O3/c1-2-11-4-3-5-13(8-11)16-10-12-9-14(17-18)6-7-15(12)20-19/h1,3-10,19H. The molecule has 20 heavy (non-hydrogen) atoms. The van der Waals surface area contributed by atoms with Gasteiger partial charge in [0.25, 0.3) is 0 Å². The number of nitroso groups, excluding NO2 is 1. The summed E-state index contributed by atoms with van der Waals surface area (Å²) < 4.78 is 0. The number of aliphatic imine (C=N–C) groups is 1. The van der Waals surface area contributed by atoms with E-state index in [2.05, 4.69) is 21.0 Å². The van der Waals surface area contributed by atoms with E-state index in [0.717, 1.165) is 0 Å². The van der Waals surface area contributed by atoms with Crippen LogP contribution in [0.15, 0.2) is 52.6 Å². The lowest BCUT2D eigenvalue weighted by atomic mass is 10.2. The van der Waals surface area contributed by atoms with Gasteiger partial charge in [-0.25, -0.2) is 5.26 Å². The average molecular weight is 266 g/mol. The van der Waals surface area contributed by atoms with Crippen molar-refractivity contribution in [2.24, 2.45) is 10.2 Å². The molecule has 5 nitrogen and oxygen atoms in total. The van der Waals surface area contributed by atoms with Crippen LogP contribution < -0.4 is 4.89 Å². The van der Waals surface area contributed by atoms with E-state index in [-0.39, 0.29) is 11.4 Å². The molecule has 0 saturated carbocycles. The van der Waals surface area contributed by atoms with Gasteiger partial charge >= 0.3 is 0 Å². The highest BCUT2D eigenvalue weighted by Crippen LogP contribution is 2.23. The van der Waals surface area contributed by atoms with Crippen LogP contribution in [0.25, 0.3) is 0 Å². The minimum absolute atomic E-state index is 0.175. The Labute approximate surface area is 115 Å². The summed E-state index contributed by atoms with van der Waals surface area (Å²) in [6, 6.07) is 11.4. The number of hydrogen-bond donors (Lipinski definition) is 1. The van der Waals surface area contributed by atoms with Crippen LogP contribution in [0.2, 0.25) is 0 Å². The molecule has 0 aliphatic rings. The first-order chi connectivity index (χ1) is 9.76. The van der Waals surface area contributed by atoms with Crippen LogP contribution in [0.1, 0.15) is 11.1 Å². The second-order valence-electron chi connectivity index (χ2n) is 3.86. The quantitative estimate of drug-likeness (QED) is 0.302. The Hall–Kier alpha value is -2.97. The lowest BCUT2D eigenvalue weighted by Crippen LogP contribution is -1.90. The molecule has 2 rings (SSSR count). The van der Waals surface area contributed by atoms with Crippen molar-refractivity contribution in [2.75, 3.05) is 0 Å². The predicted octanol–water partition coefficient (Wildman–Crippen LogP) is 3.67. The molecule has 5 heteroatoms. The summed E-state index contributed by atoms with van der Waals surface area (Å²) in [5.74, 6) is 2.69. The maximum Gasteiger partial charge on any atom is 0.174 e. The third-order valence-electron chi connectivity index (χ3n) is 2.56. The molecule has 98 valence electrons. The van der Waals surface area contributed by atoms with Crippen molar-refractivity contribution in [1.82, 2.24) is 0 Å². The summed E-state index contributed by atoms with van der Waals surface area (Å²) in [6.07, 6.45) is 6.76. The first-order valence-electron chi connectivity index (χ1n) is 5.66. The molecule has 0 fully saturated rings. The van der Waals surface area contributed by atoms with Gasteiger partial charge in [-0.3, -0.25) is 4.99 Å². The molecule has 0 aliphatic heterocycles. The van der Waals surface area contributed by atoms with Crippen LogP contribution in [0.3, 0.4) is 0 Å². The molecule has 0 radical (unpaired) electrons. The summed E-state index contributed by atoms with van der Waals surface area (Å²) in [4.78, 5) is 18.9. The predicted molar refractivity (Wildman–Crippen MR) is 76.8 cm³/mol. The number of nitrogens with zero attached hydrogens (tertiary/aromatic N) is 2. The molecule has 0 bridgehead atoms. The molecule has 2 aromatic rings. The van der Waals surface area contributed by atoms with E-state index >= 15 is 0 Å². The lowest BCUT2D eigenvalue weighted by Gasteiger charge is -2.02. The lowest BCUT2D eigenvalue weighted by molar-refractivity contribution is -0.137. The van der Waals surface area contributed by atoms with E-state index in [1.54, 1.807) is 24.3 Å². The maximum atomic E-state index is 10.5. The van der Waals surface area contributed by atoms with Crippen LogP contribution >= 0.6 is 0 Å². The van der Waals surface area contributed by atoms with E-state index in [9.17, 15) is 4.91 Å². The molecule has 0 unspecified atom stereocenters. The van der Waals surface area contributed by atoms with Crippen LogP contribution in [0.4, 0.5) is 11.4 Å². The molecule has 1 N–H and O–H groups in total. The minimum atomic E-state index is 0.175. The molecule has 0 aromatic heterocycles. The van der Waals surface area contributed by atoms with Crippen molar-refractivity contribution in [1.29, 1.82) is 0 Å². The van der Waals surface area contributed by atoms with Gasteiger partial charge in [-0.15, -0.1) is 11.3 Å². The Morgan fingerprint density at radius 2 is 2.05 bits per heavy atom. The van der Waals surface area contributed by atoms with Crippen molar-refractivity contribution in [3.05, 3.63) is 58.5 Å². The monoisotopic (exact) mass is 266 g/mol. The van der Waals surface area contributed by atoms with Gasteiger partial charge in [-0.05, 0) is 41.6 Å². The fraction of sp³-hybridized carbons (Fsp3) is 0. The highest BCUT2D eigenvalue weighted by Gasteiger charge is 2.04. The van der Waals surface area contributed by atoms with E-state index < -0.39 is 0 Å². The van der Waals surface area contributed by atoms with E-state index in [1.807, 2.05) is 0 Å². The van der Waals surface area contributed by atoms with Crippen LogP contribution in [-0.4, -0.2) is 11.5 Å².